The first-order chi connectivity index (χ1) is 10.8. The molecular weight excluding hydrogens is 300 g/mol. The highest BCUT2D eigenvalue weighted by Crippen LogP contribution is 2.28. The summed E-state index contributed by atoms with van der Waals surface area (Å²) in [5, 5.41) is 15.5. The van der Waals surface area contributed by atoms with Gasteiger partial charge in [0.25, 0.3) is 0 Å². The van der Waals surface area contributed by atoms with Gasteiger partial charge in [-0.15, -0.1) is 10.2 Å². The Morgan fingerprint density at radius 3 is 2.95 bits per heavy atom. The Bertz CT molecular complexity index is 844. The van der Waals surface area contributed by atoms with Crippen LogP contribution in [0.25, 0.3) is 16.1 Å². The summed E-state index contributed by atoms with van der Waals surface area (Å²) < 4.78 is 1.35. The van der Waals surface area contributed by atoms with E-state index in [-0.39, 0.29) is 11.1 Å². The van der Waals surface area contributed by atoms with Crippen molar-refractivity contribution in [1.82, 2.24) is 30.0 Å². The predicted molar refractivity (Wildman–Crippen MR) is 84.1 cm³/mol. The van der Waals surface area contributed by atoms with Gasteiger partial charge in [0.1, 0.15) is 5.01 Å². The maximum atomic E-state index is 12.2. The van der Waals surface area contributed by atoms with Crippen LogP contribution in [-0.4, -0.2) is 30.0 Å². The van der Waals surface area contributed by atoms with Crippen LogP contribution < -0.4 is 5.56 Å². The van der Waals surface area contributed by atoms with E-state index in [1.165, 1.54) is 54.4 Å². The Hall–Kier alpha value is -1.83. The van der Waals surface area contributed by atoms with Crippen molar-refractivity contribution in [2.24, 2.45) is 5.92 Å². The Labute approximate surface area is 130 Å². The Morgan fingerprint density at radius 2 is 2.09 bits per heavy atom. The molecule has 0 atom stereocenters. The molecule has 3 heterocycles. The third kappa shape index (κ3) is 2.51. The first kappa shape index (κ1) is 13.8. The van der Waals surface area contributed by atoms with Crippen molar-refractivity contribution in [2.75, 3.05) is 0 Å². The predicted octanol–water partition coefficient (Wildman–Crippen LogP) is 2.33. The number of hydrogen-bond acceptors (Lipinski definition) is 6. The van der Waals surface area contributed by atoms with Gasteiger partial charge in [-0.3, -0.25) is 4.79 Å². The maximum Gasteiger partial charge on any atom is 0.305 e. The smallest absolute Gasteiger partial charge is 0.265 e. The average molecular weight is 318 g/mol. The zero-order chi connectivity index (χ0) is 14.9. The zero-order valence-electron chi connectivity index (χ0n) is 12.3. The van der Waals surface area contributed by atoms with Gasteiger partial charge in [-0.1, -0.05) is 49.9 Å². The van der Waals surface area contributed by atoms with Crippen LogP contribution in [0.4, 0.5) is 0 Å². The van der Waals surface area contributed by atoms with Gasteiger partial charge in [0.05, 0.1) is 0 Å². The van der Waals surface area contributed by atoms with E-state index in [2.05, 4.69) is 25.5 Å². The highest BCUT2D eigenvalue weighted by atomic mass is 32.1. The van der Waals surface area contributed by atoms with Crippen molar-refractivity contribution >= 4 is 27.5 Å². The van der Waals surface area contributed by atoms with Gasteiger partial charge in [0.2, 0.25) is 10.6 Å². The molecule has 1 aliphatic carbocycles. The molecule has 116 valence electrons. The van der Waals surface area contributed by atoms with Crippen LogP contribution in [0.2, 0.25) is 0 Å². The third-order valence-electron chi connectivity index (χ3n) is 4.46. The van der Waals surface area contributed by atoms with Gasteiger partial charge in [0, 0.05) is 6.42 Å². The summed E-state index contributed by atoms with van der Waals surface area (Å²) in [6.07, 6.45) is 10.3. The average Bonchev–Trinajstić information content (AvgIpc) is 3.15. The van der Waals surface area contributed by atoms with E-state index in [1.54, 1.807) is 0 Å². The Balaban J connectivity index is 1.50. The molecule has 0 amide bonds. The van der Waals surface area contributed by atoms with Crippen molar-refractivity contribution in [3.63, 3.8) is 0 Å². The van der Waals surface area contributed by atoms with E-state index in [1.807, 2.05) is 0 Å². The molecule has 0 saturated heterocycles. The van der Waals surface area contributed by atoms with Crippen molar-refractivity contribution in [2.45, 2.75) is 51.4 Å². The second-order valence-electron chi connectivity index (χ2n) is 6.00. The van der Waals surface area contributed by atoms with Crippen molar-refractivity contribution in [3.8, 4) is 0 Å². The molecule has 0 aliphatic heterocycles. The van der Waals surface area contributed by atoms with Crippen LogP contribution in [0, 0.1) is 5.92 Å². The maximum absolute atomic E-state index is 12.2. The number of H-pyrrole nitrogens is 1. The van der Waals surface area contributed by atoms with Crippen molar-refractivity contribution in [3.05, 3.63) is 15.4 Å². The molecule has 0 aromatic carbocycles. The molecular formula is C14H18N6OS. The van der Waals surface area contributed by atoms with Crippen molar-refractivity contribution < 1.29 is 0 Å². The minimum Gasteiger partial charge on any atom is -0.265 e. The zero-order valence-corrected chi connectivity index (χ0v) is 13.1. The summed E-state index contributed by atoms with van der Waals surface area (Å²) >= 11 is 1.48. The molecule has 3 aromatic rings. The van der Waals surface area contributed by atoms with E-state index < -0.39 is 0 Å². The number of nitrogens with zero attached hydrogens (tertiary/aromatic N) is 5. The molecule has 4 rings (SSSR count). The third-order valence-corrected chi connectivity index (χ3v) is 5.42. The minimum atomic E-state index is -0.247. The molecule has 0 spiro atoms. The number of aromatic nitrogens is 6. The minimum absolute atomic E-state index is 0.247. The summed E-state index contributed by atoms with van der Waals surface area (Å²) in [6, 6.07) is 0. The number of nitrogens with one attached hydrogen (secondary N) is 1. The number of aryl methyl sites for hydroxylation is 1. The molecule has 1 N–H and O–H groups in total. The van der Waals surface area contributed by atoms with Gasteiger partial charge >= 0.3 is 5.56 Å². The van der Waals surface area contributed by atoms with Crippen LogP contribution in [0.5, 0.6) is 0 Å². The van der Waals surface area contributed by atoms with E-state index in [4.69, 9.17) is 0 Å². The Morgan fingerprint density at radius 1 is 1.23 bits per heavy atom. The molecule has 8 heteroatoms. The normalized spacial score (nSPS) is 16.7. The number of aromatic amines is 1. The Kier molecular flexibility index (Phi) is 3.61. The molecule has 0 radical (unpaired) electrons. The monoisotopic (exact) mass is 318 g/mol. The second kappa shape index (κ2) is 5.75. The highest BCUT2D eigenvalue weighted by molar-refractivity contribution is 7.16. The highest BCUT2D eigenvalue weighted by Gasteiger charge is 2.15. The summed E-state index contributed by atoms with van der Waals surface area (Å²) in [6.45, 7) is 0. The van der Waals surface area contributed by atoms with Crippen LogP contribution >= 0.6 is 11.3 Å². The van der Waals surface area contributed by atoms with Crippen LogP contribution in [0.1, 0.15) is 50.0 Å². The molecule has 0 unspecified atom stereocenters. The summed E-state index contributed by atoms with van der Waals surface area (Å²) in [7, 11) is 0. The molecule has 0 bridgehead atoms. The lowest BCUT2D eigenvalue weighted by atomic mass is 9.86. The van der Waals surface area contributed by atoms with Gasteiger partial charge < -0.3 is 0 Å². The number of fused-ring (bicyclic) bond motifs is 2. The van der Waals surface area contributed by atoms with Gasteiger partial charge in [-0.05, 0) is 12.3 Å². The van der Waals surface area contributed by atoms with Gasteiger partial charge in [-0.25, -0.2) is 0 Å². The lowest BCUT2D eigenvalue weighted by Gasteiger charge is -2.20. The van der Waals surface area contributed by atoms with E-state index in [0.29, 0.717) is 10.6 Å². The fourth-order valence-corrected chi connectivity index (χ4v) is 4.20. The van der Waals surface area contributed by atoms with Crippen LogP contribution in [-0.2, 0) is 6.42 Å². The molecule has 1 saturated carbocycles. The fourth-order valence-electron chi connectivity index (χ4n) is 3.28. The summed E-state index contributed by atoms with van der Waals surface area (Å²) in [4.78, 5) is 17.2. The molecule has 1 fully saturated rings. The van der Waals surface area contributed by atoms with Crippen LogP contribution in [0.3, 0.4) is 0 Å². The second-order valence-corrected chi connectivity index (χ2v) is 7.04. The van der Waals surface area contributed by atoms with Crippen LogP contribution in [0.15, 0.2) is 4.79 Å². The molecule has 22 heavy (non-hydrogen) atoms. The number of rotatable bonds is 4. The summed E-state index contributed by atoms with van der Waals surface area (Å²) in [5.41, 5.74) is 0.363. The first-order valence-electron chi connectivity index (χ1n) is 7.90. The topological polar surface area (TPSA) is 88.8 Å². The first-order valence-corrected chi connectivity index (χ1v) is 8.72. The van der Waals surface area contributed by atoms with E-state index >= 15 is 0 Å². The standard InChI is InChI=1S/C14H18N6OS/c21-13-11-12(17-19-16-11)15-14-20(13)18-10(22-14)8-4-7-9-5-2-1-3-6-9/h9H,1-8H2,(H,16,17,19). The largest absolute Gasteiger partial charge is 0.305 e. The lowest BCUT2D eigenvalue weighted by molar-refractivity contribution is 0.332. The SMILES string of the molecule is O=c1c2n[nH]nc2nc2sc(CCCC3CCCCC3)nn12. The van der Waals surface area contributed by atoms with E-state index in [9.17, 15) is 4.79 Å². The molecule has 7 nitrogen and oxygen atoms in total. The lowest BCUT2D eigenvalue weighted by Crippen LogP contribution is -2.15. The molecule has 3 aromatic heterocycles. The molecule has 1 aliphatic rings. The van der Waals surface area contributed by atoms with Gasteiger partial charge in [-0.2, -0.15) is 19.8 Å². The van der Waals surface area contributed by atoms with Crippen molar-refractivity contribution in [1.29, 1.82) is 0 Å². The van der Waals surface area contributed by atoms with E-state index in [0.717, 1.165) is 23.8 Å². The summed E-state index contributed by atoms with van der Waals surface area (Å²) in [5.74, 6) is 0.886. The fraction of sp³-hybridized carbons (Fsp3) is 0.643. The van der Waals surface area contributed by atoms with Gasteiger partial charge in [0.15, 0.2) is 5.52 Å². The quantitative estimate of drug-likeness (QED) is 0.797. The number of hydrogen-bond donors (Lipinski definition) is 1.